The van der Waals surface area contributed by atoms with Crippen LogP contribution < -0.4 is 5.32 Å². The van der Waals surface area contributed by atoms with E-state index in [1.54, 1.807) is 0 Å². The average Bonchev–Trinajstić information content (AvgIpc) is 3.19. The first-order chi connectivity index (χ1) is 13.1. The van der Waals surface area contributed by atoms with Crippen molar-refractivity contribution in [2.45, 2.75) is 31.3 Å². The summed E-state index contributed by atoms with van der Waals surface area (Å²) in [5.41, 5.74) is 3.09. The number of amides is 3. The number of hydrogen-bond donors (Lipinski definition) is 1. The molecule has 2 aliphatic rings. The Morgan fingerprint density at radius 2 is 1.63 bits per heavy atom. The van der Waals surface area contributed by atoms with Crippen LogP contribution in [0.25, 0.3) is 0 Å². The Hall–Kier alpha value is -3.21. The monoisotopic (exact) mass is 360 g/mol. The minimum Gasteiger partial charge on any atom is -0.351 e. The molecule has 4 rings (SSSR count). The highest BCUT2D eigenvalue weighted by Gasteiger charge is 2.42. The fourth-order valence-corrected chi connectivity index (χ4v) is 3.89. The molecule has 1 heterocycles. The maximum atomic E-state index is 12.5. The van der Waals surface area contributed by atoms with Gasteiger partial charge >= 0.3 is 0 Å². The van der Waals surface area contributed by atoms with Crippen LogP contribution in [0.4, 0.5) is 0 Å². The number of nitrogens with zero attached hydrogens (tertiary/aromatic N) is 1. The maximum absolute atomic E-state index is 12.5. The molecule has 0 unspecified atom stereocenters. The van der Waals surface area contributed by atoms with Gasteiger partial charge in [-0.15, -0.1) is 0 Å². The van der Waals surface area contributed by atoms with Crippen molar-refractivity contribution in [1.82, 2.24) is 10.2 Å². The lowest BCUT2D eigenvalue weighted by atomic mass is 10.0. The lowest BCUT2D eigenvalue weighted by Gasteiger charge is -2.29. The summed E-state index contributed by atoms with van der Waals surface area (Å²) in [4.78, 5) is 38.2. The van der Waals surface area contributed by atoms with Crippen molar-refractivity contribution in [3.05, 3.63) is 83.4 Å². The SMILES string of the molecule is O=C(CCc1ccccc1)N[C@H]1Cc2ccccc2[C@@H]1N1C(=O)C=CC1=O. The topological polar surface area (TPSA) is 66.5 Å². The summed E-state index contributed by atoms with van der Waals surface area (Å²) in [5, 5.41) is 3.05. The highest BCUT2D eigenvalue weighted by Crippen LogP contribution is 2.37. The molecule has 5 nitrogen and oxygen atoms in total. The summed E-state index contributed by atoms with van der Waals surface area (Å²) in [6.07, 6.45) is 4.20. The van der Waals surface area contributed by atoms with Gasteiger partial charge in [-0.05, 0) is 29.5 Å². The quantitative estimate of drug-likeness (QED) is 0.832. The zero-order chi connectivity index (χ0) is 18.8. The molecular formula is C22H20N2O3. The van der Waals surface area contributed by atoms with Crippen molar-refractivity contribution < 1.29 is 14.4 Å². The van der Waals surface area contributed by atoms with Gasteiger partial charge in [-0.1, -0.05) is 54.6 Å². The van der Waals surface area contributed by atoms with Gasteiger partial charge in [-0.3, -0.25) is 19.3 Å². The Balaban J connectivity index is 1.50. The van der Waals surface area contributed by atoms with Gasteiger partial charge in [0.15, 0.2) is 0 Å². The van der Waals surface area contributed by atoms with Crippen LogP contribution in [-0.4, -0.2) is 28.7 Å². The molecule has 5 heteroatoms. The van der Waals surface area contributed by atoms with Crippen LogP contribution in [0.15, 0.2) is 66.7 Å². The largest absolute Gasteiger partial charge is 0.351 e. The molecule has 0 radical (unpaired) electrons. The Morgan fingerprint density at radius 1 is 0.963 bits per heavy atom. The number of carbonyl (C=O) groups excluding carboxylic acids is 3. The molecule has 27 heavy (non-hydrogen) atoms. The molecule has 1 aliphatic heterocycles. The summed E-state index contributed by atoms with van der Waals surface area (Å²) in [5.74, 6) is -0.732. The average molecular weight is 360 g/mol. The van der Waals surface area contributed by atoms with Crippen LogP contribution in [0.1, 0.15) is 29.2 Å². The maximum Gasteiger partial charge on any atom is 0.254 e. The van der Waals surface area contributed by atoms with Gasteiger partial charge in [0.25, 0.3) is 11.8 Å². The van der Waals surface area contributed by atoms with Crippen LogP contribution in [0.5, 0.6) is 0 Å². The van der Waals surface area contributed by atoms with Crippen LogP contribution in [-0.2, 0) is 27.2 Å². The lowest BCUT2D eigenvalue weighted by Crippen LogP contribution is -2.46. The third-order valence-electron chi connectivity index (χ3n) is 5.15. The number of hydrogen-bond acceptors (Lipinski definition) is 3. The van der Waals surface area contributed by atoms with Gasteiger partial charge in [0.1, 0.15) is 0 Å². The van der Waals surface area contributed by atoms with E-state index in [9.17, 15) is 14.4 Å². The normalized spacial score (nSPS) is 20.8. The first-order valence-electron chi connectivity index (χ1n) is 9.10. The predicted octanol–water partition coefficient (Wildman–Crippen LogP) is 2.33. The second-order valence-corrected chi connectivity index (χ2v) is 6.89. The van der Waals surface area contributed by atoms with Crippen molar-refractivity contribution in [2.24, 2.45) is 0 Å². The van der Waals surface area contributed by atoms with E-state index < -0.39 is 6.04 Å². The Morgan fingerprint density at radius 3 is 2.37 bits per heavy atom. The third-order valence-corrected chi connectivity index (χ3v) is 5.15. The summed E-state index contributed by atoms with van der Waals surface area (Å²) < 4.78 is 0. The minimum absolute atomic E-state index is 0.0753. The van der Waals surface area contributed by atoms with Gasteiger partial charge in [-0.25, -0.2) is 0 Å². The number of aryl methyl sites for hydroxylation is 1. The molecule has 0 saturated carbocycles. The first kappa shape index (κ1) is 17.2. The third kappa shape index (κ3) is 3.40. The Kier molecular flexibility index (Phi) is 4.59. The molecule has 2 aromatic rings. The van der Waals surface area contributed by atoms with Crippen LogP contribution >= 0.6 is 0 Å². The van der Waals surface area contributed by atoms with E-state index in [-0.39, 0.29) is 23.8 Å². The van der Waals surface area contributed by atoms with Crippen molar-refractivity contribution in [3.8, 4) is 0 Å². The van der Waals surface area contributed by atoms with Crippen LogP contribution in [0, 0.1) is 0 Å². The van der Waals surface area contributed by atoms with Crippen molar-refractivity contribution in [3.63, 3.8) is 0 Å². The van der Waals surface area contributed by atoms with Gasteiger partial charge in [0.2, 0.25) is 5.91 Å². The second-order valence-electron chi connectivity index (χ2n) is 6.89. The van der Waals surface area contributed by atoms with E-state index in [4.69, 9.17) is 0 Å². The molecule has 0 aromatic heterocycles. The predicted molar refractivity (Wildman–Crippen MR) is 101 cm³/mol. The zero-order valence-electron chi connectivity index (χ0n) is 14.8. The van der Waals surface area contributed by atoms with Gasteiger partial charge in [-0.2, -0.15) is 0 Å². The molecule has 2 atom stereocenters. The Labute approximate surface area is 157 Å². The zero-order valence-corrected chi connectivity index (χ0v) is 14.8. The summed E-state index contributed by atoms with van der Waals surface area (Å²) in [6, 6.07) is 16.8. The Bertz CT molecular complexity index is 902. The fraction of sp³-hybridized carbons (Fsp3) is 0.227. The van der Waals surface area contributed by atoms with E-state index in [1.165, 1.54) is 17.1 Å². The van der Waals surface area contributed by atoms with Crippen molar-refractivity contribution in [2.75, 3.05) is 0 Å². The molecule has 3 amide bonds. The first-order valence-corrected chi connectivity index (χ1v) is 9.10. The number of fused-ring (bicyclic) bond motifs is 1. The highest BCUT2D eigenvalue weighted by atomic mass is 16.2. The van der Waals surface area contributed by atoms with Gasteiger partial charge < -0.3 is 5.32 Å². The van der Waals surface area contributed by atoms with E-state index in [2.05, 4.69) is 5.32 Å². The van der Waals surface area contributed by atoms with E-state index in [1.807, 2.05) is 54.6 Å². The molecule has 0 spiro atoms. The van der Waals surface area contributed by atoms with Crippen molar-refractivity contribution in [1.29, 1.82) is 0 Å². The molecular weight excluding hydrogens is 340 g/mol. The van der Waals surface area contributed by atoms with E-state index in [0.717, 1.165) is 16.7 Å². The summed E-state index contributed by atoms with van der Waals surface area (Å²) in [7, 11) is 0. The molecule has 136 valence electrons. The summed E-state index contributed by atoms with van der Waals surface area (Å²) >= 11 is 0. The van der Waals surface area contributed by atoms with E-state index in [0.29, 0.717) is 19.3 Å². The van der Waals surface area contributed by atoms with E-state index >= 15 is 0 Å². The minimum atomic E-state index is -0.461. The molecule has 0 fully saturated rings. The summed E-state index contributed by atoms with van der Waals surface area (Å²) in [6.45, 7) is 0. The van der Waals surface area contributed by atoms with Crippen LogP contribution in [0.2, 0.25) is 0 Å². The molecule has 1 aliphatic carbocycles. The standard InChI is InChI=1S/C22H20N2O3/c25-19(11-10-15-6-2-1-3-7-15)23-18-14-16-8-4-5-9-17(16)22(18)24-20(26)12-13-21(24)27/h1-9,12-13,18,22H,10-11,14H2,(H,23,25)/t18-,22-/m0/s1. The van der Waals surface area contributed by atoms with Crippen molar-refractivity contribution >= 4 is 17.7 Å². The number of imide groups is 1. The molecule has 1 N–H and O–H groups in total. The van der Waals surface area contributed by atoms with Crippen LogP contribution in [0.3, 0.4) is 0 Å². The molecule has 0 bridgehead atoms. The molecule has 0 saturated heterocycles. The lowest BCUT2D eigenvalue weighted by molar-refractivity contribution is -0.141. The number of nitrogens with one attached hydrogen (secondary N) is 1. The van der Waals surface area contributed by atoms with Gasteiger partial charge in [0, 0.05) is 18.6 Å². The molecule has 2 aromatic carbocycles. The smallest absolute Gasteiger partial charge is 0.254 e. The number of benzene rings is 2. The highest BCUT2D eigenvalue weighted by molar-refractivity contribution is 6.13. The fourth-order valence-electron chi connectivity index (χ4n) is 3.89. The number of carbonyl (C=O) groups is 3. The second kappa shape index (κ2) is 7.19. The number of rotatable bonds is 5. The van der Waals surface area contributed by atoms with Gasteiger partial charge in [0.05, 0.1) is 12.1 Å².